The second kappa shape index (κ2) is 9.13. The Morgan fingerprint density at radius 3 is 2.58 bits per heavy atom. The summed E-state index contributed by atoms with van der Waals surface area (Å²) in [4.78, 5) is 12.0. The third-order valence-corrected chi connectivity index (χ3v) is 3.75. The van der Waals surface area contributed by atoms with E-state index in [-0.39, 0.29) is 36.1 Å². The van der Waals surface area contributed by atoms with Crippen LogP contribution in [0.2, 0.25) is 0 Å². The van der Waals surface area contributed by atoms with E-state index in [4.69, 9.17) is 0 Å². The van der Waals surface area contributed by atoms with E-state index in [0.717, 1.165) is 24.9 Å². The zero-order valence-corrected chi connectivity index (χ0v) is 14.2. The SMILES string of the molecule is CC(NC(=O)CC1CCCN1)c1ccc(OCC(F)(F)F)cc1.Cl. The molecule has 1 fully saturated rings. The van der Waals surface area contributed by atoms with Gasteiger partial charge in [-0.15, -0.1) is 12.4 Å². The first-order valence-electron chi connectivity index (χ1n) is 7.66. The molecule has 2 rings (SSSR count). The molecule has 0 bridgehead atoms. The smallest absolute Gasteiger partial charge is 0.422 e. The Labute approximate surface area is 145 Å². The van der Waals surface area contributed by atoms with Crippen LogP contribution in [0.3, 0.4) is 0 Å². The second-order valence-electron chi connectivity index (χ2n) is 5.76. The third kappa shape index (κ3) is 6.97. The molecule has 0 saturated carbocycles. The van der Waals surface area contributed by atoms with Crippen molar-refractivity contribution in [3.8, 4) is 5.75 Å². The van der Waals surface area contributed by atoms with Crippen LogP contribution in [0.15, 0.2) is 24.3 Å². The first-order chi connectivity index (χ1) is 10.8. The molecule has 1 aromatic rings. The normalized spacial score (nSPS) is 18.6. The van der Waals surface area contributed by atoms with Crippen LogP contribution in [0.5, 0.6) is 5.75 Å². The van der Waals surface area contributed by atoms with Gasteiger partial charge >= 0.3 is 6.18 Å². The van der Waals surface area contributed by atoms with Crippen LogP contribution in [0, 0.1) is 0 Å². The molecule has 24 heavy (non-hydrogen) atoms. The number of carbonyl (C=O) groups is 1. The van der Waals surface area contributed by atoms with Gasteiger partial charge in [-0.25, -0.2) is 0 Å². The molecule has 2 N–H and O–H groups in total. The molecule has 1 aromatic carbocycles. The summed E-state index contributed by atoms with van der Waals surface area (Å²) in [5, 5.41) is 6.16. The fraction of sp³-hybridized carbons (Fsp3) is 0.562. The van der Waals surface area contributed by atoms with Gasteiger partial charge in [-0.3, -0.25) is 4.79 Å². The van der Waals surface area contributed by atoms with Crippen LogP contribution in [-0.4, -0.2) is 31.3 Å². The maximum atomic E-state index is 12.1. The predicted octanol–water partition coefficient (Wildman–Crippen LogP) is 3.37. The largest absolute Gasteiger partial charge is 0.484 e. The molecule has 2 unspecified atom stereocenters. The highest BCUT2D eigenvalue weighted by Crippen LogP contribution is 2.21. The standard InChI is InChI=1S/C16H21F3N2O2.ClH/c1-11(21-15(22)9-13-3-2-8-20-13)12-4-6-14(7-5-12)23-10-16(17,18)19;/h4-7,11,13,20H,2-3,8-10H2,1H3,(H,21,22);1H. The topological polar surface area (TPSA) is 50.4 Å². The molecular weight excluding hydrogens is 345 g/mol. The number of alkyl halides is 3. The summed E-state index contributed by atoms with van der Waals surface area (Å²) in [6.45, 7) is 1.48. The van der Waals surface area contributed by atoms with Gasteiger partial charge in [0.05, 0.1) is 6.04 Å². The predicted molar refractivity (Wildman–Crippen MR) is 87.4 cm³/mol. The summed E-state index contributed by atoms with van der Waals surface area (Å²) >= 11 is 0. The molecule has 0 radical (unpaired) electrons. The molecule has 0 aliphatic carbocycles. The lowest BCUT2D eigenvalue weighted by Gasteiger charge is -2.17. The van der Waals surface area contributed by atoms with Crippen molar-refractivity contribution in [1.29, 1.82) is 0 Å². The number of nitrogens with one attached hydrogen (secondary N) is 2. The van der Waals surface area contributed by atoms with Gasteiger partial charge in [0.25, 0.3) is 0 Å². The number of hydrogen-bond donors (Lipinski definition) is 2. The number of carbonyl (C=O) groups excluding carboxylic acids is 1. The van der Waals surface area contributed by atoms with Crippen molar-refractivity contribution in [3.05, 3.63) is 29.8 Å². The summed E-state index contributed by atoms with van der Waals surface area (Å²) in [6.07, 6.45) is -1.81. The minimum Gasteiger partial charge on any atom is -0.484 e. The lowest BCUT2D eigenvalue weighted by molar-refractivity contribution is -0.153. The zero-order chi connectivity index (χ0) is 16.9. The molecule has 0 aromatic heterocycles. The Morgan fingerprint density at radius 1 is 1.38 bits per heavy atom. The molecule has 1 aliphatic heterocycles. The maximum absolute atomic E-state index is 12.1. The first-order valence-corrected chi connectivity index (χ1v) is 7.66. The van der Waals surface area contributed by atoms with Crippen LogP contribution < -0.4 is 15.4 Å². The van der Waals surface area contributed by atoms with Crippen molar-refractivity contribution in [3.63, 3.8) is 0 Å². The molecule has 1 heterocycles. The fourth-order valence-corrected chi connectivity index (χ4v) is 2.56. The average Bonchev–Trinajstić information content (AvgIpc) is 2.97. The minimum atomic E-state index is -4.35. The fourth-order valence-electron chi connectivity index (χ4n) is 2.56. The Bertz CT molecular complexity index is 517. The highest BCUT2D eigenvalue weighted by molar-refractivity contribution is 5.85. The van der Waals surface area contributed by atoms with Crippen molar-refractivity contribution in [1.82, 2.24) is 10.6 Å². The van der Waals surface area contributed by atoms with Gasteiger partial charge in [0, 0.05) is 12.5 Å². The number of amides is 1. The number of rotatable bonds is 6. The number of ether oxygens (including phenoxy) is 1. The molecule has 1 aliphatic rings. The van der Waals surface area contributed by atoms with Crippen LogP contribution in [0.1, 0.15) is 37.8 Å². The molecule has 136 valence electrons. The Kier molecular flexibility index (Phi) is 7.83. The Morgan fingerprint density at radius 2 is 2.04 bits per heavy atom. The van der Waals surface area contributed by atoms with Crippen LogP contribution in [0.25, 0.3) is 0 Å². The van der Waals surface area contributed by atoms with E-state index in [1.165, 1.54) is 12.1 Å². The summed E-state index contributed by atoms with van der Waals surface area (Å²) in [5.74, 6) is 0.119. The van der Waals surface area contributed by atoms with E-state index in [1.54, 1.807) is 12.1 Å². The van der Waals surface area contributed by atoms with E-state index in [1.807, 2.05) is 6.92 Å². The first kappa shape index (κ1) is 20.6. The molecule has 2 atom stereocenters. The van der Waals surface area contributed by atoms with Gasteiger partial charge in [0.15, 0.2) is 6.61 Å². The second-order valence-corrected chi connectivity index (χ2v) is 5.76. The van der Waals surface area contributed by atoms with Crippen LogP contribution in [0.4, 0.5) is 13.2 Å². The minimum absolute atomic E-state index is 0. The number of hydrogen-bond acceptors (Lipinski definition) is 3. The molecule has 1 amide bonds. The Balaban J connectivity index is 0.00000288. The third-order valence-electron chi connectivity index (χ3n) is 3.75. The van der Waals surface area contributed by atoms with E-state index >= 15 is 0 Å². The molecule has 1 saturated heterocycles. The Hall–Kier alpha value is -1.47. The monoisotopic (exact) mass is 366 g/mol. The maximum Gasteiger partial charge on any atom is 0.422 e. The van der Waals surface area contributed by atoms with Gasteiger partial charge in [0.2, 0.25) is 5.91 Å². The van der Waals surface area contributed by atoms with Gasteiger partial charge < -0.3 is 15.4 Å². The summed E-state index contributed by atoms with van der Waals surface area (Å²) in [6, 6.07) is 6.29. The summed E-state index contributed by atoms with van der Waals surface area (Å²) < 4.78 is 40.9. The highest BCUT2D eigenvalue weighted by Gasteiger charge is 2.28. The van der Waals surface area contributed by atoms with Crippen molar-refractivity contribution < 1.29 is 22.7 Å². The quantitative estimate of drug-likeness (QED) is 0.811. The molecule has 4 nitrogen and oxygen atoms in total. The summed E-state index contributed by atoms with van der Waals surface area (Å²) in [7, 11) is 0. The van der Waals surface area contributed by atoms with E-state index in [9.17, 15) is 18.0 Å². The lowest BCUT2D eigenvalue weighted by Crippen LogP contribution is -2.33. The zero-order valence-electron chi connectivity index (χ0n) is 13.4. The van der Waals surface area contributed by atoms with Crippen LogP contribution >= 0.6 is 12.4 Å². The van der Waals surface area contributed by atoms with Gasteiger partial charge in [-0.2, -0.15) is 13.2 Å². The van der Waals surface area contributed by atoms with Crippen molar-refractivity contribution in [2.75, 3.05) is 13.2 Å². The summed E-state index contributed by atoms with van der Waals surface area (Å²) in [5.41, 5.74) is 0.817. The van der Waals surface area contributed by atoms with Crippen molar-refractivity contribution in [2.24, 2.45) is 0 Å². The molecular formula is C16H22ClF3N2O2. The molecule has 8 heteroatoms. The van der Waals surface area contributed by atoms with Gasteiger partial charge in [0.1, 0.15) is 5.75 Å². The van der Waals surface area contributed by atoms with Gasteiger partial charge in [-0.1, -0.05) is 12.1 Å². The molecule has 0 spiro atoms. The number of halogens is 4. The lowest BCUT2D eigenvalue weighted by atomic mass is 10.1. The van der Waals surface area contributed by atoms with E-state index < -0.39 is 12.8 Å². The van der Waals surface area contributed by atoms with E-state index in [2.05, 4.69) is 15.4 Å². The van der Waals surface area contributed by atoms with E-state index in [0.29, 0.717) is 6.42 Å². The van der Waals surface area contributed by atoms with Crippen LogP contribution in [-0.2, 0) is 4.79 Å². The number of benzene rings is 1. The highest BCUT2D eigenvalue weighted by atomic mass is 35.5. The average molecular weight is 367 g/mol. The van der Waals surface area contributed by atoms with Gasteiger partial charge in [-0.05, 0) is 44.0 Å². The van der Waals surface area contributed by atoms with Crippen molar-refractivity contribution >= 4 is 18.3 Å². The van der Waals surface area contributed by atoms with Crippen molar-refractivity contribution in [2.45, 2.75) is 44.4 Å².